The third kappa shape index (κ3) is 5.64. The zero-order valence-corrected chi connectivity index (χ0v) is 15.1. The highest BCUT2D eigenvalue weighted by atomic mass is 32.1. The van der Waals surface area contributed by atoms with Crippen LogP contribution in [0.4, 0.5) is 0 Å². The number of unbranched alkanes of at least 4 members (excludes halogenated alkanes) is 3. The summed E-state index contributed by atoms with van der Waals surface area (Å²) >= 11 is 1.24. The van der Waals surface area contributed by atoms with Gasteiger partial charge in [-0.3, -0.25) is 9.59 Å². The molecule has 24 heavy (non-hydrogen) atoms. The van der Waals surface area contributed by atoms with Gasteiger partial charge in [-0.2, -0.15) is 0 Å². The first kappa shape index (κ1) is 18.5. The molecule has 0 unspecified atom stereocenters. The van der Waals surface area contributed by atoms with Crippen molar-refractivity contribution in [1.82, 2.24) is 0 Å². The van der Waals surface area contributed by atoms with Crippen LogP contribution in [0.25, 0.3) is 10.1 Å². The molecule has 1 aromatic carbocycles. The van der Waals surface area contributed by atoms with E-state index in [-0.39, 0.29) is 16.6 Å². The first-order chi connectivity index (χ1) is 11.6. The predicted octanol–water partition coefficient (Wildman–Crippen LogP) is 4.40. The van der Waals surface area contributed by atoms with Gasteiger partial charge in [-0.05, 0) is 37.8 Å². The van der Waals surface area contributed by atoms with Crippen LogP contribution in [0.2, 0.25) is 0 Å². The highest BCUT2D eigenvalue weighted by molar-refractivity contribution is 7.16. The first-order valence-corrected chi connectivity index (χ1v) is 9.22. The summed E-state index contributed by atoms with van der Waals surface area (Å²) in [6, 6.07) is 9.35. The SMILES string of the molecule is CC(C)C(=O)OCCCCCCOc1cc(=O)sc2ccccc12. The van der Waals surface area contributed by atoms with E-state index in [1.54, 1.807) is 6.07 Å². The Bertz CT molecular complexity index is 721. The molecule has 1 aromatic heterocycles. The molecule has 0 atom stereocenters. The number of carbonyl (C=O) groups is 1. The van der Waals surface area contributed by atoms with Crippen molar-refractivity contribution in [2.75, 3.05) is 13.2 Å². The van der Waals surface area contributed by atoms with E-state index in [1.165, 1.54) is 11.3 Å². The van der Waals surface area contributed by atoms with Crippen molar-refractivity contribution >= 4 is 27.4 Å². The van der Waals surface area contributed by atoms with Crippen LogP contribution >= 0.6 is 11.3 Å². The van der Waals surface area contributed by atoms with Crippen LogP contribution in [0.1, 0.15) is 39.5 Å². The van der Waals surface area contributed by atoms with Crippen molar-refractivity contribution in [1.29, 1.82) is 0 Å². The van der Waals surface area contributed by atoms with Crippen molar-refractivity contribution in [2.24, 2.45) is 5.92 Å². The summed E-state index contributed by atoms with van der Waals surface area (Å²) in [6.45, 7) is 4.74. The van der Waals surface area contributed by atoms with Gasteiger partial charge in [-0.25, -0.2) is 0 Å². The molecule has 0 aliphatic heterocycles. The Morgan fingerprint density at radius 3 is 2.54 bits per heavy atom. The lowest BCUT2D eigenvalue weighted by atomic mass is 10.2. The molecular formula is C19H24O4S. The molecule has 0 N–H and O–H groups in total. The van der Waals surface area contributed by atoms with Crippen molar-refractivity contribution in [2.45, 2.75) is 39.5 Å². The summed E-state index contributed by atoms with van der Waals surface area (Å²) < 4.78 is 11.9. The molecule has 2 aromatic rings. The molecule has 2 rings (SSSR count). The minimum atomic E-state index is -0.135. The number of benzene rings is 1. The van der Waals surface area contributed by atoms with Gasteiger partial charge in [0.2, 0.25) is 4.74 Å². The van der Waals surface area contributed by atoms with E-state index in [0.717, 1.165) is 35.8 Å². The maximum absolute atomic E-state index is 11.7. The van der Waals surface area contributed by atoms with Crippen LogP contribution in [0.5, 0.6) is 5.75 Å². The largest absolute Gasteiger partial charge is 0.493 e. The number of rotatable bonds is 9. The number of esters is 1. The Balaban J connectivity index is 1.68. The second kappa shape index (κ2) is 9.42. The summed E-state index contributed by atoms with van der Waals surface area (Å²) in [6.07, 6.45) is 3.80. The van der Waals surface area contributed by atoms with Gasteiger partial charge in [0, 0.05) is 16.2 Å². The molecule has 0 fully saturated rings. The normalized spacial score (nSPS) is 11.0. The Kier molecular flexibility index (Phi) is 7.25. The summed E-state index contributed by atoms with van der Waals surface area (Å²) in [5, 5.41) is 0.989. The van der Waals surface area contributed by atoms with E-state index in [9.17, 15) is 9.59 Å². The van der Waals surface area contributed by atoms with E-state index in [0.29, 0.717) is 19.0 Å². The predicted molar refractivity (Wildman–Crippen MR) is 97.9 cm³/mol. The standard InChI is InChI=1S/C19H24O4S/c1-14(2)19(21)23-12-8-4-3-7-11-22-16-13-18(20)24-17-10-6-5-9-15(16)17/h5-6,9-10,13-14H,3-4,7-8,11-12H2,1-2H3. The Labute approximate surface area is 146 Å². The summed E-state index contributed by atoms with van der Waals surface area (Å²) in [4.78, 5) is 23.0. The van der Waals surface area contributed by atoms with E-state index in [2.05, 4.69) is 0 Å². The quantitative estimate of drug-likeness (QED) is 0.498. The Hall–Kier alpha value is -1.88. The molecule has 0 saturated heterocycles. The van der Waals surface area contributed by atoms with Gasteiger partial charge in [0.25, 0.3) is 0 Å². The third-order valence-corrected chi connectivity index (χ3v) is 4.52. The average Bonchev–Trinajstić information content (AvgIpc) is 2.56. The zero-order chi connectivity index (χ0) is 17.4. The monoisotopic (exact) mass is 348 g/mol. The smallest absolute Gasteiger partial charge is 0.308 e. The van der Waals surface area contributed by atoms with Gasteiger partial charge in [0.15, 0.2) is 0 Å². The minimum absolute atomic E-state index is 0.00988. The molecule has 0 aliphatic carbocycles. The molecular weight excluding hydrogens is 324 g/mol. The number of hydrogen-bond acceptors (Lipinski definition) is 5. The molecule has 4 nitrogen and oxygen atoms in total. The number of carbonyl (C=O) groups excluding carboxylic acids is 1. The second-order valence-electron chi connectivity index (χ2n) is 6.01. The number of ether oxygens (including phenoxy) is 2. The van der Waals surface area contributed by atoms with Crippen molar-refractivity contribution < 1.29 is 14.3 Å². The fraction of sp³-hybridized carbons (Fsp3) is 0.474. The molecule has 130 valence electrons. The van der Waals surface area contributed by atoms with Crippen LogP contribution in [0.15, 0.2) is 35.1 Å². The minimum Gasteiger partial charge on any atom is -0.493 e. The van der Waals surface area contributed by atoms with E-state index >= 15 is 0 Å². The zero-order valence-electron chi connectivity index (χ0n) is 14.2. The fourth-order valence-corrected chi connectivity index (χ4v) is 3.09. The van der Waals surface area contributed by atoms with Crippen LogP contribution in [0.3, 0.4) is 0 Å². The van der Waals surface area contributed by atoms with Gasteiger partial charge in [0.05, 0.1) is 19.1 Å². The molecule has 0 amide bonds. The lowest BCUT2D eigenvalue weighted by Gasteiger charge is -2.09. The molecule has 0 spiro atoms. The molecule has 5 heteroatoms. The Morgan fingerprint density at radius 1 is 1.08 bits per heavy atom. The van der Waals surface area contributed by atoms with Crippen LogP contribution < -0.4 is 9.48 Å². The van der Waals surface area contributed by atoms with Gasteiger partial charge >= 0.3 is 5.97 Å². The van der Waals surface area contributed by atoms with Gasteiger partial charge in [-0.1, -0.05) is 37.3 Å². The average molecular weight is 348 g/mol. The number of hydrogen-bond donors (Lipinski definition) is 0. The fourth-order valence-electron chi connectivity index (χ4n) is 2.28. The van der Waals surface area contributed by atoms with Crippen LogP contribution in [-0.2, 0) is 9.53 Å². The molecule has 1 heterocycles. The summed E-state index contributed by atoms with van der Waals surface area (Å²) in [5.41, 5.74) is 0. The second-order valence-corrected chi connectivity index (χ2v) is 7.06. The van der Waals surface area contributed by atoms with Crippen molar-refractivity contribution in [3.8, 4) is 5.75 Å². The lowest BCUT2D eigenvalue weighted by molar-refractivity contribution is -0.147. The number of fused-ring (bicyclic) bond motifs is 1. The Morgan fingerprint density at radius 2 is 1.79 bits per heavy atom. The molecule has 0 saturated carbocycles. The van der Waals surface area contributed by atoms with Crippen molar-refractivity contribution in [3.05, 3.63) is 39.9 Å². The van der Waals surface area contributed by atoms with Gasteiger partial charge in [0.1, 0.15) is 5.75 Å². The van der Waals surface area contributed by atoms with Crippen molar-refractivity contribution in [3.63, 3.8) is 0 Å². The summed E-state index contributed by atoms with van der Waals surface area (Å²) in [5.74, 6) is 0.468. The van der Waals surface area contributed by atoms with Gasteiger partial charge < -0.3 is 9.47 Å². The van der Waals surface area contributed by atoms with E-state index in [4.69, 9.17) is 9.47 Å². The highest BCUT2D eigenvalue weighted by Gasteiger charge is 2.07. The molecule has 0 aliphatic rings. The van der Waals surface area contributed by atoms with Crippen LogP contribution in [-0.4, -0.2) is 19.2 Å². The first-order valence-electron chi connectivity index (χ1n) is 8.40. The van der Waals surface area contributed by atoms with E-state index < -0.39 is 0 Å². The maximum Gasteiger partial charge on any atom is 0.308 e. The maximum atomic E-state index is 11.7. The van der Waals surface area contributed by atoms with Crippen LogP contribution in [0, 0.1) is 5.92 Å². The lowest BCUT2D eigenvalue weighted by Crippen LogP contribution is -2.12. The van der Waals surface area contributed by atoms with Gasteiger partial charge in [-0.15, -0.1) is 0 Å². The molecule has 0 radical (unpaired) electrons. The topological polar surface area (TPSA) is 52.6 Å². The summed E-state index contributed by atoms with van der Waals surface area (Å²) in [7, 11) is 0. The van der Waals surface area contributed by atoms with E-state index in [1.807, 2.05) is 38.1 Å². The molecule has 0 bridgehead atoms. The third-order valence-electron chi connectivity index (χ3n) is 3.62. The highest BCUT2D eigenvalue weighted by Crippen LogP contribution is 2.26.